The molecule has 1 nitrogen and oxygen atoms in total. The molecule has 0 aromatic heterocycles. The summed E-state index contributed by atoms with van der Waals surface area (Å²) in [6.45, 7) is 7.09. The summed E-state index contributed by atoms with van der Waals surface area (Å²) in [5.74, 6) is 1.31. The van der Waals surface area contributed by atoms with Crippen molar-refractivity contribution in [3.63, 3.8) is 0 Å². The summed E-state index contributed by atoms with van der Waals surface area (Å²) in [5.41, 5.74) is 14.0. The molecular weight excluding hydrogens is 542 g/mol. The Balaban J connectivity index is 1.32. The van der Waals surface area contributed by atoms with E-state index in [9.17, 15) is 0 Å². The van der Waals surface area contributed by atoms with Gasteiger partial charge >= 0.3 is 0 Å². The standard InChI is InChI=1S/C44H47N/c1-30-13-12-20-40-43(30)38-26-25-37(29-41(38)44(40,2)3)45(36-23-21-32(22-24-36)31-14-6-4-7-15-31)42-28-35-19-11-10-18-34(35)27-39(42)33-16-8-5-9-17-33/h10-13,18-29,31,33H,4-9,14-17H2,1-3H3. The molecule has 5 aromatic carbocycles. The van der Waals surface area contributed by atoms with Gasteiger partial charge in [0.2, 0.25) is 0 Å². The number of benzene rings is 5. The lowest BCUT2D eigenvalue weighted by molar-refractivity contribution is 0.443. The van der Waals surface area contributed by atoms with Crippen LogP contribution in [0.5, 0.6) is 0 Å². The quantitative estimate of drug-likeness (QED) is 0.197. The maximum atomic E-state index is 2.60. The molecule has 0 spiro atoms. The predicted molar refractivity (Wildman–Crippen MR) is 193 cm³/mol. The average molecular weight is 590 g/mol. The van der Waals surface area contributed by atoms with E-state index >= 15 is 0 Å². The van der Waals surface area contributed by atoms with E-state index in [0.717, 1.165) is 0 Å². The number of rotatable bonds is 5. The maximum absolute atomic E-state index is 2.60. The van der Waals surface area contributed by atoms with Gasteiger partial charge < -0.3 is 4.90 Å². The highest BCUT2D eigenvalue weighted by atomic mass is 15.1. The fourth-order valence-electron chi connectivity index (χ4n) is 9.04. The zero-order chi connectivity index (χ0) is 30.5. The summed E-state index contributed by atoms with van der Waals surface area (Å²) in [7, 11) is 0. The van der Waals surface area contributed by atoms with E-state index in [4.69, 9.17) is 0 Å². The Kier molecular flexibility index (Phi) is 7.32. The monoisotopic (exact) mass is 589 g/mol. The number of aryl methyl sites for hydroxylation is 1. The van der Waals surface area contributed by atoms with Crippen LogP contribution in [0.25, 0.3) is 21.9 Å². The highest BCUT2D eigenvalue weighted by molar-refractivity contribution is 5.93. The zero-order valence-corrected chi connectivity index (χ0v) is 27.4. The third-order valence-electron chi connectivity index (χ3n) is 11.6. The Labute approximate surface area is 270 Å². The number of fused-ring (bicyclic) bond motifs is 4. The molecule has 0 N–H and O–H groups in total. The van der Waals surface area contributed by atoms with E-state index in [1.54, 1.807) is 0 Å². The van der Waals surface area contributed by atoms with Crippen molar-refractivity contribution >= 4 is 27.8 Å². The first kappa shape index (κ1) is 28.6. The molecule has 0 radical (unpaired) electrons. The van der Waals surface area contributed by atoms with Gasteiger partial charge in [-0.3, -0.25) is 0 Å². The maximum Gasteiger partial charge on any atom is 0.0502 e. The van der Waals surface area contributed by atoms with Crippen molar-refractivity contribution in [2.45, 2.75) is 102 Å². The highest BCUT2D eigenvalue weighted by Gasteiger charge is 2.37. The summed E-state index contributed by atoms with van der Waals surface area (Å²) in [6, 6.07) is 37.9. The van der Waals surface area contributed by atoms with Gasteiger partial charge in [0.1, 0.15) is 0 Å². The van der Waals surface area contributed by atoms with Crippen molar-refractivity contribution < 1.29 is 0 Å². The van der Waals surface area contributed by atoms with Crippen molar-refractivity contribution in [3.05, 3.63) is 125 Å². The molecule has 0 heterocycles. The Hall–Kier alpha value is -3.84. The van der Waals surface area contributed by atoms with E-state index in [-0.39, 0.29) is 5.41 Å². The van der Waals surface area contributed by atoms with Gasteiger partial charge in [-0.05, 0) is 131 Å². The summed E-state index contributed by atoms with van der Waals surface area (Å²) >= 11 is 0. The Morgan fingerprint density at radius 3 is 1.93 bits per heavy atom. The molecule has 5 aromatic rings. The third-order valence-corrected chi connectivity index (χ3v) is 11.6. The van der Waals surface area contributed by atoms with Crippen LogP contribution in [0.15, 0.2) is 97.1 Å². The fraction of sp³-hybridized carbons (Fsp3) is 0.364. The van der Waals surface area contributed by atoms with Crippen LogP contribution in [0.1, 0.15) is 118 Å². The van der Waals surface area contributed by atoms with Gasteiger partial charge in [0.25, 0.3) is 0 Å². The molecule has 8 rings (SSSR count). The van der Waals surface area contributed by atoms with Crippen molar-refractivity contribution in [3.8, 4) is 11.1 Å². The minimum Gasteiger partial charge on any atom is -0.310 e. The van der Waals surface area contributed by atoms with Crippen LogP contribution in [0.4, 0.5) is 17.1 Å². The summed E-state index contributed by atoms with van der Waals surface area (Å²) in [6.07, 6.45) is 13.4. The number of hydrogen-bond acceptors (Lipinski definition) is 1. The van der Waals surface area contributed by atoms with E-state index in [1.807, 2.05) is 0 Å². The van der Waals surface area contributed by atoms with E-state index in [0.29, 0.717) is 11.8 Å². The van der Waals surface area contributed by atoms with Crippen molar-refractivity contribution in [1.29, 1.82) is 0 Å². The van der Waals surface area contributed by atoms with E-state index in [2.05, 4.69) is 123 Å². The van der Waals surface area contributed by atoms with Crippen molar-refractivity contribution in [2.24, 2.45) is 0 Å². The van der Waals surface area contributed by atoms with Gasteiger partial charge in [-0.15, -0.1) is 0 Å². The first-order valence-corrected chi connectivity index (χ1v) is 17.7. The summed E-state index contributed by atoms with van der Waals surface area (Å²) in [4.78, 5) is 2.60. The third kappa shape index (κ3) is 5.00. The molecule has 3 aliphatic rings. The molecule has 3 aliphatic carbocycles. The average Bonchev–Trinajstić information content (AvgIpc) is 3.32. The minimum absolute atomic E-state index is 0.0429. The van der Waals surface area contributed by atoms with Gasteiger partial charge in [0.15, 0.2) is 0 Å². The van der Waals surface area contributed by atoms with Gasteiger partial charge in [-0.1, -0.05) is 113 Å². The van der Waals surface area contributed by atoms with E-state index < -0.39 is 0 Å². The molecule has 2 fully saturated rings. The zero-order valence-electron chi connectivity index (χ0n) is 27.4. The van der Waals surface area contributed by atoms with E-state index in [1.165, 1.54) is 131 Å². The van der Waals surface area contributed by atoms with Crippen LogP contribution >= 0.6 is 0 Å². The fourth-order valence-corrected chi connectivity index (χ4v) is 9.04. The molecule has 2 saturated carbocycles. The topological polar surface area (TPSA) is 3.24 Å². The first-order chi connectivity index (χ1) is 22.0. The molecule has 228 valence electrons. The van der Waals surface area contributed by atoms with Crippen LogP contribution in [0, 0.1) is 6.92 Å². The summed E-state index contributed by atoms with van der Waals surface area (Å²) < 4.78 is 0. The van der Waals surface area contributed by atoms with Gasteiger partial charge in [0.05, 0.1) is 5.69 Å². The SMILES string of the molecule is Cc1cccc2c1-c1ccc(N(c3ccc(C4CCCCC4)cc3)c3cc4ccccc4cc3C3CCCCC3)cc1C2(C)C. The van der Waals surface area contributed by atoms with Gasteiger partial charge in [0, 0.05) is 16.8 Å². The second-order valence-electron chi connectivity index (χ2n) is 14.7. The Morgan fingerprint density at radius 2 is 1.22 bits per heavy atom. The molecular formula is C44H47N. The smallest absolute Gasteiger partial charge is 0.0502 e. The number of hydrogen-bond donors (Lipinski definition) is 0. The normalized spacial score (nSPS) is 18.1. The molecule has 0 unspecified atom stereocenters. The second-order valence-corrected chi connectivity index (χ2v) is 14.7. The molecule has 1 heteroatoms. The molecule has 0 saturated heterocycles. The molecule has 45 heavy (non-hydrogen) atoms. The highest BCUT2D eigenvalue weighted by Crippen LogP contribution is 2.52. The largest absolute Gasteiger partial charge is 0.310 e. The molecule has 0 atom stereocenters. The lowest BCUT2D eigenvalue weighted by Gasteiger charge is -2.33. The van der Waals surface area contributed by atoms with Crippen molar-refractivity contribution in [2.75, 3.05) is 4.90 Å². The van der Waals surface area contributed by atoms with Crippen LogP contribution < -0.4 is 4.90 Å². The minimum atomic E-state index is -0.0429. The van der Waals surface area contributed by atoms with Gasteiger partial charge in [-0.2, -0.15) is 0 Å². The lowest BCUT2D eigenvalue weighted by Crippen LogP contribution is -2.18. The first-order valence-electron chi connectivity index (χ1n) is 17.7. The van der Waals surface area contributed by atoms with Crippen molar-refractivity contribution in [1.82, 2.24) is 0 Å². The van der Waals surface area contributed by atoms with Crippen LogP contribution in [-0.4, -0.2) is 0 Å². The number of nitrogens with zero attached hydrogens (tertiary/aromatic N) is 1. The van der Waals surface area contributed by atoms with Crippen LogP contribution in [0.2, 0.25) is 0 Å². The lowest BCUT2D eigenvalue weighted by atomic mass is 9.81. The molecule has 0 bridgehead atoms. The number of anilines is 3. The van der Waals surface area contributed by atoms with Crippen LogP contribution in [-0.2, 0) is 5.41 Å². The molecule has 0 aliphatic heterocycles. The Bertz CT molecular complexity index is 1850. The Morgan fingerprint density at radius 1 is 0.578 bits per heavy atom. The molecule has 0 amide bonds. The second kappa shape index (κ2) is 11.5. The summed E-state index contributed by atoms with van der Waals surface area (Å²) in [5, 5.41) is 2.68. The van der Waals surface area contributed by atoms with Crippen LogP contribution in [0.3, 0.4) is 0 Å². The van der Waals surface area contributed by atoms with Gasteiger partial charge in [-0.25, -0.2) is 0 Å². The predicted octanol–water partition coefficient (Wildman–Crippen LogP) is 13.0.